The van der Waals surface area contributed by atoms with E-state index < -0.39 is 0 Å². The highest BCUT2D eigenvalue weighted by Crippen LogP contribution is 1.99. The number of thioether (sulfide) groups is 1. The molecule has 0 aliphatic rings. The van der Waals surface area contributed by atoms with Gasteiger partial charge in [-0.3, -0.25) is 0 Å². The third-order valence-corrected chi connectivity index (χ3v) is 4.29. The van der Waals surface area contributed by atoms with Gasteiger partial charge in [0.2, 0.25) is 0 Å². The third kappa shape index (κ3) is 9.69. The molecular formula is C17H34N6OS. The van der Waals surface area contributed by atoms with Crippen LogP contribution in [0.15, 0.2) is 4.99 Å². The van der Waals surface area contributed by atoms with Gasteiger partial charge in [0.05, 0.1) is 0 Å². The molecule has 0 fully saturated rings. The van der Waals surface area contributed by atoms with E-state index >= 15 is 0 Å². The molecule has 0 aliphatic carbocycles. The molecule has 0 spiro atoms. The Hall–Kier alpha value is -1.28. The SMILES string of the molecule is CSCCCNC(=NCc1nnc(C)n1C)NCCCOCC(C)C. The highest BCUT2D eigenvalue weighted by Gasteiger charge is 2.05. The van der Waals surface area contributed by atoms with E-state index in [1.54, 1.807) is 0 Å². The fraction of sp³-hybridized carbons (Fsp3) is 0.824. The number of aliphatic imine (C=N–C) groups is 1. The van der Waals surface area contributed by atoms with Gasteiger partial charge in [0.15, 0.2) is 11.8 Å². The van der Waals surface area contributed by atoms with Gasteiger partial charge in [0, 0.05) is 33.4 Å². The molecule has 8 heteroatoms. The Labute approximate surface area is 156 Å². The number of nitrogens with zero attached hydrogens (tertiary/aromatic N) is 4. The van der Waals surface area contributed by atoms with Crippen molar-refractivity contribution in [1.82, 2.24) is 25.4 Å². The lowest BCUT2D eigenvalue weighted by molar-refractivity contribution is 0.108. The Morgan fingerprint density at radius 3 is 2.56 bits per heavy atom. The zero-order valence-electron chi connectivity index (χ0n) is 16.3. The Morgan fingerprint density at radius 1 is 1.24 bits per heavy atom. The van der Waals surface area contributed by atoms with Gasteiger partial charge in [-0.2, -0.15) is 11.8 Å². The van der Waals surface area contributed by atoms with Crippen molar-refractivity contribution in [3.8, 4) is 0 Å². The third-order valence-electron chi connectivity index (χ3n) is 3.59. The summed E-state index contributed by atoms with van der Waals surface area (Å²) in [5.41, 5.74) is 0. The second kappa shape index (κ2) is 13.0. The molecule has 2 N–H and O–H groups in total. The molecule has 0 aromatic carbocycles. The summed E-state index contributed by atoms with van der Waals surface area (Å²) in [5.74, 6) is 4.31. The van der Waals surface area contributed by atoms with Crippen molar-refractivity contribution in [3.05, 3.63) is 11.6 Å². The van der Waals surface area contributed by atoms with Crippen molar-refractivity contribution in [2.45, 2.75) is 40.2 Å². The molecule has 0 aliphatic heterocycles. The molecule has 0 amide bonds. The number of rotatable bonds is 12. The smallest absolute Gasteiger partial charge is 0.191 e. The van der Waals surface area contributed by atoms with Gasteiger partial charge in [-0.1, -0.05) is 13.8 Å². The van der Waals surface area contributed by atoms with Crippen LogP contribution in [-0.4, -0.2) is 59.0 Å². The van der Waals surface area contributed by atoms with Gasteiger partial charge in [0.1, 0.15) is 12.4 Å². The van der Waals surface area contributed by atoms with Gasteiger partial charge in [-0.25, -0.2) is 4.99 Å². The number of ether oxygens (including phenoxy) is 1. The van der Waals surface area contributed by atoms with E-state index in [2.05, 4.69) is 45.9 Å². The first-order valence-corrected chi connectivity index (χ1v) is 10.4. The summed E-state index contributed by atoms with van der Waals surface area (Å²) in [4.78, 5) is 4.64. The summed E-state index contributed by atoms with van der Waals surface area (Å²) in [6, 6.07) is 0. The number of hydrogen-bond acceptors (Lipinski definition) is 5. The van der Waals surface area contributed by atoms with E-state index in [0.29, 0.717) is 12.5 Å². The summed E-state index contributed by atoms with van der Waals surface area (Å²) in [7, 11) is 1.96. The fourth-order valence-corrected chi connectivity index (χ4v) is 2.47. The summed E-state index contributed by atoms with van der Waals surface area (Å²) < 4.78 is 7.58. The second-order valence-electron chi connectivity index (χ2n) is 6.41. The molecule has 0 atom stereocenters. The van der Waals surface area contributed by atoms with Crippen molar-refractivity contribution in [2.75, 3.05) is 38.3 Å². The van der Waals surface area contributed by atoms with Crippen molar-refractivity contribution in [2.24, 2.45) is 18.0 Å². The van der Waals surface area contributed by atoms with Crippen LogP contribution in [0, 0.1) is 12.8 Å². The summed E-state index contributed by atoms with van der Waals surface area (Å²) in [6.45, 7) is 10.1. The Morgan fingerprint density at radius 2 is 1.96 bits per heavy atom. The maximum absolute atomic E-state index is 5.61. The van der Waals surface area contributed by atoms with Gasteiger partial charge < -0.3 is 19.9 Å². The summed E-state index contributed by atoms with van der Waals surface area (Å²) in [6.07, 6.45) is 4.20. The predicted molar refractivity (Wildman–Crippen MR) is 106 cm³/mol. The van der Waals surface area contributed by atoms with E-state index in [1.165, 1.54) is 0 Å². The quantitative estimate of drug-likeness (QED) is 0.333. The van der Waals surface area contributed by atoms with Crippen LogP contribution in [0.4, 0.5) is 0 Å². The Balaban J connectivity index is 2.42. The van der Waals surface area contributed by atoms with Crippen molar-refractivity contribution >= 4 is 17.7 Å². The summed E-state index contributed by atoms with van der Waals surface area (Å²) in [5, 5.41) is 15.0. The van der Waals surface area contributed by atoms with Gasteiger partial charge in [-0.15, -0.1) is 10.2 Å². The second-order valence-corrected chi connectivity index (χ2v) is 7.40. The molecular weight excluding hydrogens is 336 g/mol. The molecule has 1 aromatic heterocycles. The number of aromatic nitrogens is 3. The van der Waals surface area contributed by atoms with Crippen molar-refractivity contribution < 1.29 is 4.74 Å². The molecule has 25 heavy (non-hydrogen) atoms. The number of guanidine groups is 1. The zero-order valence-corrected chi connectivity index (χ0v) is 17.2. The minimum Gasteiger partial charge on any atom is -0.381 e. The largest absolute Gasteiger partial charge is 0.381 e. The first-order chi connectivity index (χ1) is 12.0. The molecule has 0 saturated heterocycles. The average molecular weight is 371 g/mol. The van der Waals surface area contributed by atoms with Crippen LogP contribution in [0.2, 0.25) is 0 Å². The van der Waals surface area contributed by atoms with Crippen LogP contribution in [-0.2, 0) is 18.3 Å². The molecule has 0 unspecified atom stereocenters. The monoisotopic (exact) mass is 370 g/mol. The number of nitrogens with one attached hydrogen (secondary N) is 2. The standard InChI is InChI=1S/C17H34N6OS/c1-14(2)13-24-10-6-8-18-17(19-9-7-11-25-5)20-12-16-22-21-15(3)23(16)4/h14H,6-13H2,1-5H3,(H2,18,19,20). The van der Waals surface area contributed by atoms with Crippen LogP contribution in [0.1, 0.15) is 38.3 Å². The minimum absolute atomic E-state index is 0.513. The molecule has 7 nitrogen and oxygen atoms in total. The van der Waals surface area contributed by atoms with E-state index in [-0.39, 0.29) is 0 Å². The predicted octanol–water partition coefficient (Wildman–Crippen LogP) is 1.97. The first kappa shape index (κ1) is 21.8. The molecule has 0 bridgehead atoms. The maximum atomic E-state index is 5.61. The lowest BCUT2D eigenvalue weighted by Crippen LogP contribution is -2.39. The van der Waals surface area contributed by atoms with Crippen LogP contribution >= 0.6 is 11.8 Å². The highest BCUT2D eigenvalue weighted by molar-refractivity contribution is 7.98. The van der Waals surface area contributed by atoms with Crippen molar-refractivity contribution in [3.63, 3.8) is 0 Å². The van der Waals surface area contributed by atoms with Gasteiger partial charge in [-0.05, 0) is 37.7 Å². The maximum Gasteiger partial charge on any atom is 0.191 e. The fourth-order valence-electron chi connectivity index (χ4n) is 2.04. The number of hydrogen-bond donors (Lipinski definition) is 2. The minimum atomic E-state index is 0.513. The van der Waals surface area contributed by atoms with Crippen molar-refractivity contribution in [1.29, 1.82) is 0 Å². The molecule has 1 heterocycles. The Bertz CT molecular complexity index is 503. The van der Waals surface area contributed by atoms with E-state index in [9.17, 15) is 0 Å². The lowest BCUT2D eigenvalue weighted by Gasteiger charge is -2.13. The highest BCUT2D eigenvalue weighted by atomic mass is 32.2. The van der Waals surface area contributed by atoms with Gasteiger partial charge in [0.25, 0.3) is 0 Å². The average Bonchev–Trinajstić information content (AvgIpc) is 2.90. The van der Waals surface area contributed by atoms with Crippen LogP contribution in [0.3, 0.4) is 0 Å². The molecule has 0 saturated carbocycles. The molecule has 144 valence electrons. The van der Waals surface area contributed by atoms with Crippen LogP contribution in [0.25, 0.3) is 0 Å². The van der Waals surface area contributed by atoms with E-state index in [0.717, 1.165) is 62.5 Å². The van der Waals surface area contributed by atoms with Crippen LogP contribution in [0.5, 0.6) is 0 Å². The first-order valence-electron chi connectivity index (χ1n) is 8.98. The van der Waals surface area contributed by atoms with E-state index in [4.69, 9.17) is 4.74 Å². The lowest BCUT2D eigenvalue weighted by atomic mass is 10.2. The van der Waals surface area contributed by atoms with Crippen LogP contribution < -0.4 is 10.6 Å². The molecule has 1 rings (SSSR count). The summed E-state index contributed by atoms with van der Waals surface area (Å²) >= 11 is 1.86. The topological polar surface area (TPSA) is 76.4 Å². The number of aryl methyl sites for hydroxylation is 1. The zero-order chi connectivity index (χ0) is 18.5. The van der Waals surface area contributed by atoms with Gasteiger partial charge >= 0.3 is 0 Å². The molecule has 0 radical (unpaired) electrons. The Kier molecular flexibility index (Phi) is 11.3. The normalized spacial score (nSPS) is 12.0. The molecule has 1 aromatic rings. The van der Waals surface area contributed by atoms with E-state index in [1.807, 2.05) is 30.3 Å².